The van der Waals surface area contributed by atoms with E-state index in [-0.39, 0.29) is 10.7 Å². The van der Waals surface area contributed by atoms with E-state index in [0.29, 0.717) is 12.1 Å². The molecule has 1 aromatic rings. The highest BCUT2D eigenvalue weighted by Gasteiger charge is 2.15. The van der Waals surface area contributed by atoms with Gasteiger partial charge in [-0.15, -0.1) is 0 Å². The first kappa shape index (κ1) is 19.3. The number of benzene rings is 1. The van der Waals surface area contributed by atoms with E-state index in [4.69, 9.17) is 0 Å². The lowest BCUT2D eigenvalue weighted by Gasteiger charge is -2.10. The van der Waals surface area contributed by atoms with Gasteiger partial charge in [0.1, 0.15) is 0 Å². The SMILES string of the molecule is CN(C)C=CC(=O)c1cccc(S(=O)(=O)NCCCN(C)C)c1. The molecule has 1 aromatic carbocycles. The summed E-state index contributed by atoms with van der Waals surface area (Å²) in [5.74, 6) is -0.233. The predicted octanol–water partition coefficient (Wildman–Crippen LogP) is 1.17. The summed E-state index contributed by atoms with van der Waals surface area (Å²) in [5, 5.41) is 0. The molecule has 1 rings (SSSR count). The van der Waals surface area contributed by atoms with E-state index in [1.165, 1.54) is 18.2 Å². The summed E-state index contributed by atoms with van der Waals surface area (Å²) in [6.07, 6.45) is 3.76. The quantitative estimate of drug-likeness (QED) is 0.416. The molecule has 0 aromatic heterocycles. The van der Waals surface area contributed by atoms with Gasteiger partial charge in [-0.2, -0.15) is 0 Å². The number of hydrogen-bond donors (Lipinski definition) is 1. The first-order valence-corrected chi connectivity index (χ1v) is 8.84. The number of allylic oxidation sites excluding steroid dienone is 1. The van der Waals surface area contributed by atoms with Crippen LogP contribution in [0.4, 0.5) is 0 Å². The van der Waals surface area contributed by atoms with Crippen molar-refractivity contribution in [2.45, 2.75) is 11.3 Å². The molecular weight excluding hydrogens is 314 g/mol. The van der Waals surface area contributed by atoms with Gasteiger partial charge in [0.15, 0.2) is 5.78 Å². The van der Waals surface area contributed by atoms with Gasteiger partial charge < -0.3 is 9.80 Å². The highest BCUT2D eigenvalue weighted by molar-refractivity contribution is 7.89. The second-order valence-electron chi connectivity index (χ2n) is 5.73. The zero-order valence-electron chi connectivity index (χ0n) is 14.1. The Bertz CT molecular complexity index is 652. The van der Waals surface area contributed by atoms with Gasteiger partial charge >= 0.3 is 0 Å². The standard InChI is InChI=1S/C16H25N3O3S/c1-18(2)11-6-10-17-23(21,22)15-8-5-7-14(13-15)16(20)9-12-19(3)4/h5,7-9,12-13,17H,6,10-11H2,1-4H3. The van der Waals surface area contributed by atoms with Crippen LogP contribution in [0.25, 0.3) is 0 Å². The van der Waals surface area contributed by atoms with Crippen molar-refractivity contribution in [2.75, 3.05) is 41.3 Å². The van der Waals surface area contributed by atoms with E-state index in [0.717, 1.165) is 13.0 Å². The van der Waals surface area contributed by atoms with Crippen molar-refractivity contribution < 1.29 is 13.2 Å². The van der Waals surface area contributed by atoms with E-state index in [1.54, 1.807) is 23.2 Å². The first-order valence-electron chi connectivity index (χ1n) is 7.36. The Morgan fingerprint density at radius 2 is 1.91 bits per heavy atom. The molecule has 0 bridgehead atoms. The lowest BCUT2D eigenvalue weighted by Crippen LogP contribution is -2.27. The Labute approximate surface area is 138 Å². The molecule has 0 atom stereocenters. The van der Waals surface area contributed by atoms with Crippen molar-refractivity contribution >= 4 is 15.8 Å². The Kier molecular flexibility index (Phi) is 7.41. The molecule has 0 radical (unpaired) electrons. The fourth-order valence-electron chi connectivity index (χ4n) is 1.81. The third-order valence-corrected chi connectivity index (χ3v) is 4.49. The predicted molar refractivity (Wildman–Crippen MR) is 92.0 cm³/mol. The van der Waals surface area contributed by atoms with E-state index < -0.39 is 10.0 Å². The molecule has 0 saturated heterocycles. The summed E-state index contributed by atoms with van der Waals surface area (Å²) in [7, 11) is 3.89. The van der Waals surface area contributed by atoms with Gasteiger partial charge in [-0.05, 0) is 39.2 Å². The van der Waals surface area contributed by atoms with Crippen molar-refractivity contribution in [3.8, 4) is 0 Å². The number of rotatable bonds is 9. The zero-order valence-corrected chi connectivity index (χ0v) is 14.9. The van der Waals surface area contributed by atoms with Crippen LogP contribution in [0.5, 0.6) is 0 Å². The van der Waals surface area contributed by atoms with E-state index in [2.05, 4.69) is 4.72 Å². The smallest absolute Gasteiger partial charge is 0.240 e. The molecule has 0 heterocycles. The average molecular weight is 339 g/mol. The van der Waals surface area contributed by atoms with Crippen molar-refractivity contribution in [1.82, 2.24) is 14.5 Å². The molecule has 7 heteroatoms. The molecule has 128 valence electrons. The van der Waals surface area contributed by atoms with Crippen molar-refractivity contribution in [3.05, 3.63) is 42.1 Å². The van der Waals surface area contributed by atoms with Crippen LogP contribution in [-0.2, 0) is 10.0 Å². The van der Waals surface area contributed by atoms with Crippen LogP contribution in [0.2, 0.25) is 0 Å². The lowest BCUT2D eigenvalue weighted by atomic mass is 10.1. The zero-order chi connectivity index (χ0) is 17.5. The van der Waals surface area contributed by atoms with E-state index in [9.17, 15) is 13.2 Å². The topological polar surface area (TPSA) is 69.7 Å². The summed E-state index contributed by atoms with van der Waals surface area (Å²) < 4.78 is 27.1. The van der Waals surface area contributed by atoms with Crippen LogP contribution >= 0.6 is 0 Å². The maximum atomic E-state index is 12.3. The van der Waals surface area contributed by atoms with Crippen molar-refractivity contribution in [1.29, 1.82) is 0 Å². The number of nitrogens with zero attached hydrogens (tertiary/aromatic N) is 2. The maximum absolute atomic E-state index is 12.3. The molecule has 0 amide bonds. The second kappa shape index (κ2) is 8.81. The monoisotopic (exact) mass is 339 g/mol. The van der Waals surface area contributed by atoms with E-state index in [1.807, 2.05) is 33.1 Å². The van der Waals surface area contributed by atoms with Gasteiger partial charge in [0.05, 0.1) is 4.90 Å². The normalized spacial score (nSPS) is 12.0. The molecule has 0 spiro atoms. The van der Waals surface area contributed by atoms with Gasteiger partial charge in [0.2, 0.25) is 10.0 Å². The summed E-state index contributed by atoms with van der Waals surface area (Å²) in [6, 6.07) is 6.07. The molecule has 0 aliphatic heterocycles. The fraction of sp³-hybridized carbons (Fsp3) is 0.438. The Morgan fingerprint density at radius 1 is 1.22 bits per heavy atom. The van der Waals surface area contributed by atoms with Gasteiger partial charge in [-0.1, -0.05) is 12.1 Å². The lowest BCUT2D eigenvalue weighted by molar-refractivity contribution is 0.104. The minimum absolute atomic E-state index is 0.103. The summed E-state index contributed by atoms with van der Waals surface area (Å²) in [4.78, 5) is 15.9. The van der Waals surface area contributed by atoms with E-state index >= 15 is 0 Å². The molecule has 0 saturated carbocycles. The fourth-order valence-corrected chi connectivity index (χ4v) is 2.93. The number of carbonyl (C=O) groups is 1. The van der Waals surface area contributed by atoms with Gasteiger partial charge in [-0.25, -0.2) is 13.1 Å². The summed E-state index contributed by atoms with van der Waals surface area (Å²) in [6.45, 7) is 1.16. The maximum Gasteiger partial charge on any atom is 0.240 e. The van der Waals surface area contributed by atoms with Crippen LogP contribution < -0.4 is 4.72 Å². The van der Waals surface area contributed by atoms with Crippen molar-refractivity contribution in [3.63, 3.8) is 0 Å². The highest BCUT2D eigenvalue weighted by atomic mass is 32.2. The Hall–Kier alpha value is -1.70. The number of hydrogen-bond acceptors (Lipinski definition) is 5. The second-order valence-corrected chi connectivity index (χ2v) is 7.49. The summed E-state index contributed by atoms with van der Waals surface area (Å²) in [5.41, 5.74) is 0.347. The van der Waals surface area contributed by atoms with Crippen LogP contribution in [0.1, 0.15) is 16.8 Å². The Morgan fingerprint density at radius 3 is 2.52 bits per heavy atom. The molecule has 23 heavy (non-hydrogen) atoms. The molecular formula is C16H25N3O3S. The van der Waals surface area contributed by atoms with Gasteiger partial charge in [0, 0.05) is 38.5 Å². The molecule has 1 N–H and O–H groups in total. The molecule has 6 nitrogen and oxygen atoms in total. The highest BCUT2D eigenvalue weighted by Crippen LogP contribution is 2.12. The summed E-state index contributed by atoms with van der Waals surface area (Å²) >= 11 is 0. The number of sulfonamides is 1. The third kappa shape index (κ3) is 6.94. The molecule has 0 unspecified atom stereocenters. The van der Waals surface area contributed by atoms with Crippen LogP contribution in [0.15, 0.2) is 41.4 Å². The largest absolute Gasteiger partial charge is 0.383 e. The minimum atomic E-state index is -3.60. The first-order chi connectivity index (χ1) is 10.7. The molecule has 0 aliphatic carbocycles. The van der Waals surface area contributed by atoms with Crippen LogP contribution in [-0.4, -0.2) is 65.3 Å². The van der Waals surface area contributed by atoms with Crippen LogP contribution in [0.3, 0.4) is 0 Å². The minimum Gasteiger partial charge on any atom is -0.383 e. The number of carbonyl (C=O) groups excluding carboxylic acids is 1. The van der Waals surface area contributed by atoms with Gasteiger partial charge in [0.25, 0.3) is 0 Å². The number of ketones is 1. The Balaban J connectivity index is 2.80. The number of nitrogens with one attached hydrogen (secondary N) is 1. The van der Waals surface area contributed by atoms with Gasteiger partial charge in [-0.3, -0.25) is 4.79 Å². The van der Waals surface area contributed by atoms with Crippen LogP contribution in [0, 0.1) is 0 Å². The average Bonchev–Trinajstić information content (AvgIpc) is 2.49. The molecule has 0 aliphatic rings. The molecule has 0 fully saturated rings. The third-order valence-electron chi connectivity index (χ3n) is 3.03. The van der Waals surface area contributed by atoms with Crippen molar-refractivity contribution in [2.24, 2.45) is 0 Å².